The molecule has 2 amide bonds. The number of carbonyl (C=O) groups is 1. The molecule has 2 aromatic rings. The summed E-state index contributed by atoms with van der Waals surface area (Å²) in [5.74, 6) is 0. The van der Waals surface area contributed by atoms with Crippen LogP contribution in [-0.2, 0) is 0 Å². The Labute approximate surface area is 166 Å². The highest BCUT2D eigenvalue weighted by atomic mass is 32.2. The Bertz CT molecular complexity index is 832. The number of anilines is 2. The molecule has 0 radical (unpaired) electrons. The van der Waals surface area contributed by atoms with Gasteiger partial charge in [-0.25, -0.2) is 4.79 Å². The fourth-order valence-corrected chi connectivity index (χ4v) is 3.79. The second-order valence-electron chi connectivity index (χ2n) is 6.77. The van der Waals surface area contributed by atoms with Crippen molar-refractivity contribution in [1.82, 2.24) is 4.90 Å². The number of thioether (sulfide) groups is 1. The van der Waals surface area contributed by atoms with E-state index >= 15 is 0 Å². The maximum Gasteiger partial charge on any atom is 0.446 e. The highest BCUT2D eigenvalue weighted by Crippen LogP contribution is 2.37. The van der Waals surface area contributed by atoms with E-state index in [0.717, 1.165) is 13.1 Å². The van der Waals surface area contributed by atoms with E-state index in [9.17, 15) is 18.0 Å². The lowest BCUT2D eigenvalue weighted by molar-refractivity contribution is -0.0328. The zero-order valence-electron chi connectivity index (χ0n) is 15.7. The minimum absolute atomic E-state index is 0.0904. The number of piperazine rings is 1. The molecule has 28 heavy (non-hydrogen) atoms. The van der Waals surface area contributed by atoms with Gasteiger partial charge in [0.2, 0.25) is 0 Å². The van der Waals surface area contributed by atoms with Gasteiger partial charge in [0, 0.05) is 42.4 Å². The van der Waals surface area contributed by atoms with Crippen LogP contribution in [0.15, 0.2) is 47.4 Å². The highest BCUT2D eigenvalue weighted by Gasteiger charge is 2.29. The lowest BCUT2D eigenvalue weighted by atomic mass is 10.1. The van der Waals surface area contributed by atoms with Crippen LogP contribution in [0.5, 0.6) is 0 Å². The third kappa shape index (κ3) is 5.34. The number of halogens is 3. The predicted octanol–water partition coefficient (Wildman–Crippen LogP) is 5.27. The Morgan fingerprint density at radius 3 is 2.21 bits per heavy atom. The number of alkyl halides is 3. The summed E-state index contributed by atoms with van der Waals surface area (Å²) < 4.78 is 37.1. The maximum atomic E-state index is 12.4. The first-order chi connectivity index (χ1) is 13.2. The summed E-state index contributed by atoms with van der Waals surface area (Å²) in [6.07, 6.45) is 0. The van der Waals surface area contributed by atoms with E-state index in [2.05, 4.69) is 42.3 Å². The molecule has 0 saturated carbocycles. The van der Waals surface area contributed by atoms with Gasteiger partial charge in [0.1, 0.15) is 0 Å². The van der Waals surface area contributed by atoms with Crippen LogP contribution < -0.4 is 10.2 Å². The number of hydrogen-bond donors (Lipinski definition) is 1. The molecule has 1 heterocycles. The van der Waals surface area contributed by atoms with Crippen molar-refractivity contribution in [2.75, 3.05) is 36.4 Å². The van der Waals surface area contributed by atoms with Crippen molar-refractivity contribution in [2.45, 2.75) is 24.3 Å². The van der Waals surface area contributed by atoms with Gasteiger partial charge in [-0.1, -0.05) is 17.7 Å². The Balaban J connectivity index is 1.54. The average molecular weight is 409 g/mol. The maximum absolute atomic E-state index is 12.4. The van der Waals surface area contributed by atoms with Gasteiger partial charge in [-0.05, 0) is 61.5 Å². The van der Waals surface area contributed by atoms with Gasteiger partial charge >= 0.3 is 11.5 Å². The standard InChI is InChI=1S/C20H22F3N3OS/c1-14-3-8-18(15(2)13-14)25-9-11-26(12-10-25)19(27)24-16-4-6-17(7-5-16)28-20(21,22)23/h3-8,13H,9-12H2,1-2H3,(H,24,27). The summed E-state index contributed by atoms with van der Waals surface area (Å²) >= 11 is -0.172. The van der Waals surface area contributed by atoms with Gasteiger partial charge in [-0.3, -0.25) is 0 Å². The smallest absolute Gasteiger partial charge is 0.368 e. The summed E-state index contributed by atoms with van der Waals surface area (Å²) in [5, 5.41) is 2.75. The number of aryl methyl sites for hydroxylation is 2. The molecule has 0 spiro atoms. The molecular weight excluding hydrogens is 387 g/mol. The SMILES string of the molecule is Cc1ccc(N2CCN(C(=O)Nc3ccc(SC(F)(F)F)cc3)CC2)c(C)c1. The number of urea groups is 1. The first-order valence-corrected chi connectivity index (χ1v) is 9.77. The Morgan fingerprint density at radius 1 is 1.00 bits per heavy atom. The largest absolute Gasteiger partial charge is 0.446 e. The van der Waals surface area contributed by atoms with Crippen molar-refractivity contribution in [3.8, 4) is 0 Å². The van der Waals surface area contributed by atoms with E-state index in [4.69, 9.17) is 0 Å². The number of benzene rings is 2. The van der Waals surface area contributed by atoms with Crippen molar-refractivity contribution in [2.24, 2.45) is 0 Å². The zero-order valence-corrected chi connectivity index (χ0v) is 16.5. The normalized spacial score (nSPS) is 14.9. The molecule has 1 fully saturated rings. The minimum atomic E-state index is -4.32. The molecule has 4 nitrogen and oxygen atoms in total. The van der Waals surface area contributed by atoms with Crippen molar-refractivity contribution in [1.29, 1.82) is 0 Å². The average Bonchev–Trinajstić information content (AvgIpc) is 2.62. The van der Waals surface area contributed by atoms with Crippen LogP contribution in [0.25, 0.3) is 0 Å². The van der Waals surface area contributed by atoms with E-state index in [1.54, 1.807) is 4.90 Å². The minimum Gasteiger partial charge on any atom is -0.368 e. The quantitative estimate of drug-likeness (QED) is 0.702. The Kier molecular flexibility index (Phi) is 6.07. The fourth-order valence-electron chi connectivity index (χ4n) is 3.25. The van der Waals surface area contributed by atoms with Crippen molar-refractivity contribution < 1.29 is 18.0 Å². The van der Waals surface area contributed by atoms with E-state index in [1.165, 1.54) is 41.1 Å². The topological polar surface area (TPSA) is 35.6 Å². The molecule has 0 atom stereocenters. The monoisotopic (exact) mass is 409 g/mol. The molecule has 0 bridgehead atoms. The highest BCUT2D eigenvalue weighted by molar-refractivity contribution is 8.00. The van der Waals surface area contributed by atoms with Crippen molar-refractivity contribution in [3.63, 3.8) is 0 Å². The Hall–Kier alpha value is -2.35. The summed E-state index contributed by atoms with van der Waals surface area (Å²) in [4.78, 5) is 16.5. The van der Waals surface area contributed by atoms with Crippen LogP contribution in [0, 0.1) is 13.8 Å². The molecule has 1 aliphatic heterocycles. The van der Waals surface area contributed by atoms with E-state index in [1.807, 2.05) is 0 Å². The fraction of sp³-hybridized carbons (Fsp3) is 0.350. The summed E-state index contributed by atoms with van der Waals surface area (Å²) in [5.41, 5.74) is -0.217. The van der Waals surface area contributed by atoms with Crippen LogP contribution in [0.1, 0.15) is 11.1 Å². The van der Waals surface area contributed by atoms with Crippen LogP contribution in [0.2, 0.25) is 0 Å². The number of hydrogen-bond acceptors (Lipinski definition) is 3. The zero-order chi connectivity index (χ0) is 20.3. The van der Waals surface area contributed by atoms with Gasteiger partial charge in [-0.2, -0.15) is 13.2 Å². The molecule has 8 heteroatoms. The van der Waals surface area contributed by atoms with Gasteiger partial charge in [0.05, 0.1) is 0 Å². The molecule has 150 valence electrons. The molecule has 0 unspecified atom stereocenters. The number of carbonyl (C=O) groups excluding carboxylic acids is 1. The molecule has 1 saturated heterocycles. The molecule has 3 rings (SSSR count). The van der Waals surface area contributed by atoms with E-state index < -0.39 is 5.51 Å². The Morgan fingerprint density at radius 2 is 1.64 bits per heavy atom. The van der Waals surface area contributed by atoms with Crippen LogP contribution in [0.4, 0.5) is 29.3 Å². The van der Waals surface area contributed by atoms with Crippen molar-refractivity contribution >= 4 is 29.2 Å². The number of rotatable bonds is 3. The van der Waals surface area contributed by atoms with E-state index in [0.29, 0.717) is 18.8 Å². The van der Waals surface area contributed by atoms with Gasteiger partial charge in [-0.15, -0.1) is 0 Å². The first-order valence-electron chi connectivity index (χ1n) is 8.95. The van der Waals surface area contributed by atoms with Crippen molar-refractivity contribution in [3.05, 3.63) is 53.6 Å². The number of amides is 2. The van der Waals surface area contributed by atoms with Gasteiger partial charge in [0.15, 0.2) is 0 Å². The predicted molar refractivity (Wildman–Crippen MR) is 107 cm³/mol. The first kappa shape index (κ1) is 20.4. The second kappa shape index (κ2) is 8.34. The third-order valence-electron chi connectivity index (χ3n) is 4.60. The third-order valence-corrected chi connectivity index (χ3v) is 5.34. The lowest BCUT2D eigenvalue weighted by Crippen LogP contribution is -2.50. The second-order valence-corrected chi connectivity index (χ2v) is 7.90. The molecule has 1 aliphatic rings. The number of nitrogens with zero attached hydrogens (tertiary/aromatic N) is 2. The lowest BCUT2D eigenvalue weighted by Gasteiger charge is -2.36. The summed E-state index contributed by atoms with van der Waals surface area (Å²) in [6, 6.07) is 11.8. The van der Waals surface area contributed by atoms with Gasteiger partial charge in [0.25, 0.3) is 0 Å². The van der Waals surface area contributed by atoms with Crippen LogP contribution >= 0.6 is 11.8 Å². The van der Waals surface area contributed by atoms with E-state index in [-0.39, 0.29) is 22.7 Å². The number of nitrogens with one attached hydrogen (secondary N) is 1. The van der Waals surface area contributed by atoms with Gasteiger partial charge < -0.3 is 15.1 Å². The molecule has 1 N–H and O–H groups in total. The summed E-state index contributed by atoms with van der Waals surface area (Å²) in [6.45, 7) is 6.79. The van der Waals surface area contributed by atoms with Crippen LogP contribution in [0.3, 0.4) is 0 Å². The molecule has 0 aliphatic carbocycles. The van der Waals surface area contributed by atoms with Crippen LogP contribution in [-0.4, -0.2) is 42.6 Å². The molecule has 2 aromatic carbocycles. The summed E-state index contributed by atoms with van der Waals surface area (Å²) in [7, 11) is 0. The molecule has 0 aromatic heterocycles. The molecular formula is C20H22F3N3OS.